The van der Waals surface area contributed by atoms with Crippen LogP contribution >= 0.6 is 22.7 Å². The van der Waals surface area contributed by atoms with Gasteiger partial charge in [-0.1, -0.05) is 18.2 Å². The maximum absolute atomic E-state index is 13.8. The third-order valence-corrected chi connectivity index (χ3v) is 9.30. The molecule has 1 aliphatic heterocycles. The Kier molecular flexibility index (Phi) is 4.12. The van der Waals surface area contributed by atoms with Gasteiger partial charge in [-0.15, -0.1) is 22.7 Å². The van der Waals surface area contributed by atoms with E-state index in [4.69, 9.17) is 15.2 Å². The molecule has 0 fully saturated rings. The summed E-state index contributed by atoms with van der Waals surface area (Å²) in [5, 5.41) is 9.66. The van der Waals surface area contributed by atoms with E-state index in [0.717, 1.165) is 48.5 Å². The number of hydrogen-bond acceptors (Lipinski definition) is 6. The van der Waals surface area contributed by atoms with Crippen molar-refractivity contribution in [3.63, 3.8) is 0 Å². The highest BCUT2D eigenvalue weighted by Crippen LogP contribution is 2.48. The minimum Gasteiger partial charge on any atom is -0.268 e. The van der Waals surface area contributed by atoms with Crippen LogP contribution in [0.4, 0.5) is 0 Å². The minimum absolute atomic E-state index is 0.0444. The van der Waals surface area contributed by atoms with E-state index in [1.807, 2.05) is 31.3 Å². The zero-order valence-electron chi connectivity index (χ0n) is 19.9. The van der Waals surface area contributed by atoms with Crippen molar-refractivity contribution in [1.29, 1.82) is 0 Å². The molecule has 8 heteroatoms. The second kappa shape index (κ2) is 6.96. The van der Waals surface area contributed by atoms with Gasteiger partial charge >= 0.3 is 0 Å². The summed E-state index contributed by atoms with van der Waals surface area (Å²) in [7, 11) is 1.85. The standard InChI is InChI=1S/C27H21N5OS2/c1-12-10-18(34-14(12)3)20-22-23(30-31(5)29-22)21(19-11-13(2)15(4)35-19)25-24(20)28-26-16-8-6-7-9-17(16)27(33)32(25)26/h6-11H,1-5H3. The Labute approximate surface area is 209 Å². The summed E-state index contributed by atoms with van der Waals surface area (Å²) in [6.45, 7) is 8.50. The van der Waals surface area contributed by atoms with Gasteiger partial charge < -0.3 is 0 Å². The first-order chi connectivity index (χ1) is 16.8. The average Bonchev–Trinajstić information content (AvgIpc) is 3.60. The van der Waals surface area contributed by atoms with Gasteiger partial charge in [-0.2, -0.15) is 15.0 Å². The van der Waals surface area contributed by atoms with Crippen LogP contribution in [-0.4, -0.2) is 30.5 Å². The van der Waals surface area contributed by atoms with Crippen LogP contribution in [0.25, 0.3) is 54.3 Å². The van der Waals surface area contributed by atoms with Gasteiger partial charge in [0.25, 0.3) is 5.91 Å². The van der Waals surface area contributed by atoms with Crippen molar-refractivity contribution in [3.8, 4) is 32.3 Å². The summed E-state index contributed by atoms with van der Waals surface area (Å²) in [6, 6.07) is 12.1. The average molecular weight is 496 g/mol. The maximum Gasteiger partial charge on any atom is 0.264 e. The van der Waals surface area contributed by atoms with Crippen molar-refractivity contribution in [1.82, 2.24) is 24.5 Å². The fourth-order valence-electron chi connectivity index (χ4n) is 5.02. The van der Waals surface area contributed by atoms with Crippen LogP contribution in [0.2, 0.25) is 0 Å². The van der Waals surface area contributed by atoms with E-state index < -0.39 is 0 Å². The molecular weight excluding hydrogens is 474 g/mol. The zero-order valence-corrected chi connectivity index (χ0v) is 21.6. The maximum atomic E-state index is 13.8. The second-order valence-corrected chi connectivity index (χ2v) is 11.7. The third kappa shape index (κ3) is 2.69. The minimum atomic E-state index is -0.0444. The summed E-state index contributed by atoms with van der Waals surface area (Å²) in [6.07, 6.45) is 0. The number of rotatable bonds is 2. The van der Waals surface area contributed by atoms with E-state index >= 15 is 0 Å². The number of hydrogen-bond donors (Lipinski definition) is 0. The highest BCUT2D eigenvalue weighted by molar-refractivity contribution is 7.16. The molecule has 4 aromatic heterocycles. The molecule has 0 bridgehead atoms. The zero-order chi connectivity index (χ0) is 24.2. The van der Waals surface area contributed by atoms with Crippen molar-refractivity contribution in [2.75, 3.05) is 0 Å². The predicted molar refractivity (Wildman–Crippen MR) is 143 cm³/mol. The van der Waals surface area contributed by atoms with Gasteiger partial charge in [-0.3, -0.25) is 9.36 Å². The van der Waals surface area contributed by atoms with Crippen LogP contribution < -0.4 is 0 Å². The smallest absolute Gasteiger partial charge is 0.264 e. The Morgan fingerprint density at radius 2 is 1.34 bits per heavy atom. The summed E-state index contributed by atoms with van der Waals surface area (Å²) in [4.78, 5) is 25.2. The van der Waals surface area contributed by atoms with Crippen molar-refractivity contribution in [3.05, 3.63) is 62.8 Å². The molecule has 0 spiro atoms. The fraction of sp³-hybridized carbons (Fsp3) is 0.185. The fourth-order valence-corrected chi connectivity index (χ4v) is 7.18. The molecule has 0 N–H and O–H groups in total. The Morgan fingerprint density at radius 3 is 1.94 bits per heavy atom. The normalized spacial score (nSPS) is 12.8. The largest absolute Gasteiger partial charge is 0.268 e. The first-order valence-electron chi connectivity index (χ1n) is 11.4. The molecule has 35 heavy (non-hydrogen) atoms. The number of aromatic nitrogens is 5. The van der Waals surface area contributed by atoms with Gasteiger partial charge in [-0.25, -0.2) is 4.98 Å². The Hall–Kier alpha value is -3.62. The first-order valence-corrected chi connectivity index (χ1v) is 13.0. The number of carbonyl (C=O) groups is 1. The topological polar surface area (TPSA) is 65.6 Å². The SMILES string of the molecule is Cc1cc(-c2c3nn(C)nc3c(-c3cc(C)c(C)s3)c3c2nc2n3C(=O)c3ccccc3-2)sc1C. The highest BCUT2D eigenvalue weighted by Gasteiger charge is 2.35. The molecule has 0 amide bonds. The van der Waals surface area contributed by atoms with Crippen LogP contribution in [0, 0.1) is 27.7 Å². The van der Waals surface area contributed by atoms with Crippen LogP contribution in [0.3, 0.4) is 0 Å². The number of nitrogens with zero attached hydrogens (tertiary/aromatic N) is 5. The first kappa shape index (κ1) is 20.7. The lowest BCUT2D eigenvalue weighted by Gasteiger charge is -2.09. The van der Waals surface area contributed by atoms with Gasteiger partial charge in [0.05, 0.1) is 11.1 Å². The van der Waals surface area contributed by atoms with E-state index in [1.165, 1.54) is 20.9 Å². The van der Waals surface area contributed by atoms with Gasteiger partial charge in [0.1, 0.15) is 22.4 Å². The van der Waals surface area contributed by atoms with Gasteiger partial charge in [0.2, 0.25) is 0 Å². The molecule has 1 aliphatic rings. The second-order valence-electron chi connectivity index (χ2n) is 9.16. The molecule has 2 aromatic carbocycles. The molecule has 5 heterocycles. The van der Waals surface area contributed by atoms with Crippen LogP contribution in [0.1, 0.15) is 31.2 Å². The number of thiophene rings is 2. The number of aryl methyl sites for hydroxylation is 5. The van der Waals surface area contributed by atoms with E-state index in [0.29, 0.717) is 11.4 Å². The third-order valence-electron chi connectivity index (χ3n) is 6.96. The van der Waals surface area contributed by atoms with Gasteiger partial charge in [0.15, 0.2) is 0 Å². The molecule has 0 saturated heterocycles. The van der Waals surface area contributed by atoms with Crippen LogP contribution in [-0.2, 0) is 7.05 Å². The number of imidazole rings is 1. The summed E-state index contributed by atoms with van der Waals surface area (Å²) in [5.74, 6) is 0.646. The molecular formula is C27H21N5OS2. The summed E-state index contributed by atoms with van der Waals surface area (Å²) >= 11 is 3.45. The summed E-state index contributed by atoms with van der Waals surface area (Å²) in [5.41, 5.74) is 9.12. The number of carbonyl (C=O) groups excluding carboxylic acids is 1. The van der Waals surface area contributed by atoms with E-state index in [2.05, 4.69) is 39.8 Å². The molecule has 6 nitrogen and oxygen atoms in total. The van der Waals surface area contributed by atoms with Crippen molar-refractivity contribution in [2.24, 2.45) is 7.05 Å². The molecule has 7 rings (SSSR count). The Balaban J connectivity index is 1.73. The Morgan fingerprint density at radius 1 is 0.771 bits per heavy atom. The molecule has 0 atom stereocenters. The lowest BCUT2D eigenvalue weighted by molar-refractivity contribution is 0.0973. The Bertz CT molecular complexity index is 1840. The molecule has 0 radical (unpaired) electrons. The quantitative estimate of drug-likeness (QED) is 0.268. The predicted octanol–water partition coefficient (Wildman–Crippen LogP) is 6.68. The molecule has 0 saturated carbocycles. The summed E-state index contributed by atoms with van der Waals surface area (Å²) < 4.78 is 1.80. The molecule has 6 aromatic rings. The lowest BCUT2D eigenvalue weighted by Crippen LogP contribution is -2.06. The molecule has 0 aliphatic carbocycles. The van der Waals surface area contributed by atoms with Crippen molar-refractivity contribution >= 4 is 50.6 Å². The van der Waals surface area contributed by atoms with E-state index in [-0.39, 0.29) is 5.91 Å². The number of benzene rings is 2. The lowest BCUT2D eigenvalue weighted by atomic mass is 10.0. The number of fused-ring (bicyclic) bond motifs is 6. The van der Waals surface area contributed by atoms with Gasteiger partial charge in [-0.05, 0) is 57.0 Å². The monoisotopic (exact) mass is 495 g/mol. The highest BCUT2D eigenvalue weighted by atomic mass is 32.1. The van der Waals surface area contributed by atoms with Gasteiger partial charge in [0, 0.05) is 43.2 Å². The molecule has 172 valence electrons. The van der Waals surface area contributed by atoms with Crippen molar-refractivity contribution < 1.29 is 4.79 Å². The molecule has 0 unspecified atom stereocenters. The van der Waals surface area contributed by atoms with E-state index in [9.17, 15) is 4.79 Å². The van der Waals surface area contributed by atoms with Crippen molar-refractivity contribution in [2.45, 2.75) is 27.7 Å². The van der Waals surface area contributed by atoms with Crippen LogP contribution in [0.5, 0.6) is 0 Å². The van der Waals surface area contributed by atoms with E-state index in [1.54, 1.807) is 32.0 Å². The van der Waals surface area contributed by atoms with Crippen LogP contribution in [0.15, 0.2) is 36.4 Å².